The molecule has 5 heteroatoms. The highest BCUT2D eigenvalue weighted by atomic mass is 79.9. The highest BCUT2D eigenvalue weighted by Gasteiger charge is 2.06. The molecular weight excluding hydrogens is 334 g/mol. The standard InChI is InChI=1S/C13H13BrClNOS/c14-10-4-6-18-13(10)8-17-12-2-1-9(3-5-16)7-11(12)15/h1-2,4,6-7H,3,5,8,16H2. The summed E-state index contributed by atoms with van der Waals surface area (Å²) < 4.78 is 6.78. The average Bonchev–Trinajstić information content (AvgIpc) is 2.74. The summed E-state index contributed by atoms with van der Waals surface area (Å²) in [5.41, 5.74) is 6.64. The van der Waals surface area contributed by atoms with Crippen LogP contribution in [-0.2, 0) is 13.0 Å². The summed E-state index contributed by atoms with van der Waals surface area (Å²) in [6.45, 7) is 1.15. The normalized spacial score (nSPS) is 10.6. The van der Waals surface area contributed by atoms with Gasteiger partial charge in [0.1, 0.15) is 12.4 Å². The van der Waals surface area contributed by atoms with Gasteiger partial charge in [-0.15, -0.1) is 11.3 Å². The number of benzene rings is 1. The quantitative estimate of drug-likeness (QED) is 0.878. The van der Waals surface area contributed by atoms with Gasteiger partial charge in [0.05, 0.1) is 9.90 Å². The van der Waals surface area contributed by atoms with Gasteiger partial charge in [-0.3, -0.25) is 0 Å². The Balaban J connectivity index is 2.03. The number of ether oxygens (including phenoxy) is 1. The molecule has 0 amide bonds. The lowest BCUT2D eigenvalue weighted by Crippen LogP contribution is -2.02. The number of hydrogen-bond donors (Lipinski definition) is 1. The lowest BCUT2D eigenvalue weighted by atomic mass is 10.1. The highest BCUT2D eigenvalue weighted by Crippen LogP contribution is 2.29. The maximum Gasteiger partial charge on any atom is 0.138 e. The molecule has 1 aromatic carbocycles. The van der Waals surface area contributed by atoms with Gasteiger partial charge in [0.15, 0.2) is 0 Å². The Morgan fingerprint density at radius 2 is 2.17 bits per heavy atom. The van der Waals surface area contributed by atoms with Crippen LogP contribution in [0.4, 0.5) is 0 Å². The number of nitrogens with two attached hydrogens (primary N) is 1. The van der Waals surface area contributed by atoms with E-state index in [9.17, 15) is 0 Å². The van der Waals surface area contributed by atoms with Crippen LogP contribution in [0.5, 0.6) is 5.75 Å². The first kappa shape index (κ1) is 13.9. The van der Waals surface area contributed by atoms with Gasteiger partial charge in [0.2, 0.25) is 0 Å². The van der Waals surface area contributed by atoms with Gasteiger partial charge >= 0.3 is 0 Å². The maximum absolute atomic E-state index is 6.17. The van der Waals surface area contributed by atoms with E-state index in [2.05, 4.69) is 15.9 Å². The third kappa shape index (κ3) is 3.48. The lowest BCUT2D eigenvalue weighted by Gasteiger charge is -2.08. The van der Waals surface area contributed by atoms with Crippen LogP contribution in [0, 0.1) is 0 Å². The van der Waals surface area contributed by atoms with E-state index in [-0.39, 0.29) is 0 Å². The molecule has 0 fully saturated rings. The van der Waals surface area contributed by atoms with E-state index in [0.717, 1.165) is 21.3 Å². The Bertz CT molecular complexity index is 529. The summed E-state index contributed by atoms with van der Waals surface area (Å²) >= 11 is 11.3. The molecule has 2 nitrogen and oxygen atoms in total. The molecule has 1 aromatic heterocycles. The molecule has 0 unspecified atom stereocenters. The van der Waals surface area contributed by atoms with Crippen LogP contribution >= 0.6 is 38.9 Å². The number of hydrogen-bond acceptors (Lipinski definition) is 3. The van der Waals surface area contributed by atoms with E-state index in [1.807, 2.05) is 29.6 Å². The molecule has 0 radical (unpaired) electrons. The zero-order chi connectivity index (χ0) is 13.0. The summed E-state index contributed by atoms with van der Waals surface area (Å²) in [5.74, 6) is 0.706. The van der Waals surface area contributed by atoms with E-state index in [1.165, 1.54) is 0 Å². The Kier molecular flexibility index (Phi) is 5.06. The second-order valence-corrected chi connectivity index (χ2v) is 6.05. The lowest BCUT2D eigenvalue weighted by molar-refractivity contribution is 0.309. The molecule has 0 spiro atoms. The molecule has 2 N–H and O–H groups in total. The van der Waals surface area contributed by atoms with Crippen LogP contribution in [0.15, 0.2) is 34.1 Å². The maximum atomic E-state index is 6.17. The summed E-state index contributed by atoms with van der Waals surface area (Å²) in [7, 11) is 0. The molecular formula is C13H13BrClNOS. The van der Waals surface area contributed by atoms with E-state index in [4.69, 9.17) is 22.1 Å². The molecule has 96 valence electrons. The Morgan fingerprint density at radius 1 is 1.33 bits per heavy atom. The third-order valence-electron chi connectivity index (χ3n) is 2.48. The van der Waals surface area contributed by atoms with Gasteiger partial charge in [-0.1, -0.05) is 17.7 Å². The van der Waals surface area contributed by atoms with E-state index in [1.54, 1.807) is 11.3 Å². The molecule has 0 bridgehead atoms. The highest BCUT2D eigenvalue weighted by molar-refractivity contribution is 9.10. The molecule has 0 aliphatic carbocycles. The number of halogens is 2. The monoisotopic (exact) mass is 345 g/mol. The first-order chi connectivity index (χ1) is 8.70. The van der Waals surface area contributed by atoms with Crippen LogP contribution in [-0.4, -0.2) is 6.54 Å². The van der Waals surface area contributed by atoms with Crippen LogP contribution in [0.1, 0.15) is 10.4 Å². The molecule has 0 aliphatic rings. The van der Waals surface area contributed by atoms with Crippen molar-refractivity contribution in [1.82, 2.24) is 0 Å². The van der Waals surface area contributed by atoms with Crippen molar-refractivity contribution in [3.05, 3.63) is 49.6 Å². The topological polar surface area (TPSA) is 35.2 Å². The third-order valence-corrected chi connectivity index (χ3v) is 4.67. The smallest absolute Gasteiger partial charge is 0.138 e. The zero-order valence-electron chi connectivity index (χ0n) is 9.66. The summed E-state index contributed by atoms with van der Waals surface area (Å²) in [6, 6.07) is 7.81. The fourth-order valence-electron chi connectivity index (χ4n) is 1.55. The second kappa shape index (κ2) is 6.57. The average molecular weight is 347 g/mol. The predicted octanol–water partition coefficient (Wildman–Crippen LogP) is 4.24. The Morgan fingerprint density at radius 3 is 2.78 bits per heavy atom. The number of rotatable bonds is 5. The Labute approximate surface area is 124 Å². The molecule has 1 heterocycles. The van der Waals surface area contributed by atoms with E-state index in [0.29, 0.717) is 23.9 Å². The van der Waals surface area contributed by atoms with Gasteiger partial charge in [-0.05, 0) is 58.0 Å². The van der Waals surface area contributed by atoms with Crippen molar-refractivity contribution >= 4 is 38.9 Å². The van der Waals surface area contributed by atoms with Gasteiger partial charge < -0.3 is 10.5 Å². The van der Waals surface area contributed by atoms with Gasteiger partial charge in [-0.25, -0.2) is 0 Å². The first-order valence-corrected chi connectivity index (χ1v) is 7.59. The van der Waals surface area contributed by atoms with Crippen molar-refractivity contribution in [3.8, 4) is 5.75 Å². The van der Waals surface area contributed by atoms with Gasteiger partial charge in [-0.2, -0.15) is 0 Å². The SMILES string of the molecule is NCCc1ccc(OCc2sccc2Br)c(Cl)c1. The van der Waals surface area contributed by atoms with Crippen LogP contribution < -0.4 is 10.5 Å². The molecule has 0 atom stereocenters. The van der Waals surface area contributed by atoms with E-state index >= 15 is 0 Å². The fourth-order valence-corrected chi connectivity index (χ4v) is 3.19. The predicted molar refractivity (Wildman–Crippen MR) is 80.6 cm³/mol. The van der Waals surface area contributed by atoms with Crippen LogP contribution in [0.2, 0.25) is 5.02 Å². The van der Waals surface area contributed by atoms with Crippen LogP contribution in [0.25, 0.3) is 0 Å². The van der Waals surface area contributed by atoms with Gasteiger partial charge in [0, 0.05) is 4.47 Å². The van der Waals surface area contributed by atoms with Gasteiger partial charge in [0.25, 0.3) is 0 Å². The number of thiophene rings is 1. The van der Waals surface area contributed by atoms with Crippen molar-refractivity contribution in [2.45, 2.75) is 13.0 Å². The Hall–Kier alpha value is -0.550. The molecule has 2 aromatic rings. The van der Waals surface area contributed by atoms with Crippen molar-refractivity contribution in [2.24, 2.45) is 5.73 Å². The largest absolute Gasteiger partial charge is 0.486 e. The summed E-state index contributed by atoms with van der Waals surface area (Å²) in [4.78, 5) is 1.15. The molecule has 0 saturated carbocycles. The first-order valence-electron chi connectivity index (χ1n) is 5.54. The van der Waals surface area contributed by atoms with Crippen LogP contribution in [0.3, 0.4) is 0 Å². The minimum Gasteiger partial charge on any atom is -0.486 e. The minimum absolute atomic E-state index is 0.522. The summed E-state index contributed by atoms with van der Waals surface area (Å²) in [6.07, 6.45) is 0.830. The van der Waals surface area contributed by atoms with Crippen molar-refractivity contribution in [1.29, 1.82) is 0 Å². The fraction of sp³-hybridized carbons (Fsp3) is 0.231. The van der Waals surface area contributed by atoms with Crippen molar-refractivity contribution < 1.29 is 4.74 Å². The zero-order valence-corrected chi connectivity index (χ0v) is 12.8. The minimum atomic E-state index is 0.522. The molecule has 0 aliphatic heterocycles. The summed E-state index contributed by atoms with van der Waals surface area (Å²) in [5, 5.41) is 2.66. The van der Waals surface area contributed by atoms with Crippen molar-refractivity contribution in [3.63, 3.8) is 0 Å². The molecule has 2 rings (SSSR count). The van der Waals surface area contributed by atoms with E-state index < -0.39 is 0 Å². The molecule has 0 saturated heterocycles. The second-order valence-electron chi connectivity index (χ2n) is 3.78. The molecule has 18 heavy (non-hydrogen) atoms. The van der Waals surface area contributed by atoms with Crippen molar-refractivity contribution in [2.75, 3.05) is 6.54 Å².